The van der Waals surface area contributed by atoms with Crippen molar-refractivity contribution in [2.75, 3.05) is 13.1 Å². The van der Waals surface area contributed by atoms with E-state index in [1.54, 1.807) is 26.0 Å². The van der Waals surface area contributed by atoms with E-state index in [0.29, 0.717) is 25.6 Å². The summed E-state index contributed by atoms with van der Waals surface area (Å²) < 4.78 is 40.2. The van der Waals surface area contributed by atoms with Crippen LogP contribution in [0.4, 0.5) is 4.39 Å². The van der Waals surface area contributed by atoms with Gasteiger partial charge in [-0.15, -0.1) is 24.0 Å². The van der Waals surface area contributed by atoms with Gasteiger partial charge in [-0.2, -0.15) is 0 Å². The first kappa shape index (κ1) is 27.3. The predicted octanol–water partition coefficient (Wildman–Crippen LogP) is 3.57. The molecule has 2 aromatic rings. The first-order valence-corrected chi connectivity index (χ1v) is 11.8. The number of guanidine groups is 1. The minimum absolute atomic E-state index is 0. The van der Waals surface area contributed by atoms with Crippen LogP contribution in [0.2, 0.25) is 0 Å². The Kier molecular flexibility index (Phi) is 12.0. The minimum Gasteiger partial charge on any atom is -0.357 e. The molecule has 31 heavy (non-hydrogen) atoms. The zero-order valence-corrected chi connectivity index (χ0v) is 21.3. The van der Waals surface area contributed by atoms with Crippen molar-refractivity contribution in [1.82, 2.24) is 15.4 Å². The van der Waals surface area contributed by atoms with Crippen molar-refractivity contribution in [2.24, 2.45) is 4.99 Å². The fraction of sp³-hybridized carbons (Fsp3) is 0.409. The van der Waals surface area contributed by atoms with Crippen LogP contribution in [0.1, 0.15) is 37.5 Å². The molecule has 0 aromatic heterocycles. The number of halogens is 2. The maximum atomic E-state index is 13.0. The van der Waals surface area contributed by atoms with Crippen LogP contribution in [-0.2, 0) is 28.7 Å². The van der Waals surface area contributed by atoms with Crippen molar-refractivity contribution >= 4 is 40.0 Å². The van der Waals surface area contributed by atoms with Crippen LogP contribution in [0.3, 0.4) is 0 Å². The van der Waals surface area contributed by atoms with E-state index in [1.165, 1.54) is 12.1 Å². The standard InChI is InChI=1S/C22H31FN4O2S.HI/c1-4-24-22(25-14-13-18-9-11-21(23)12-10-18)26-15-19-7-5-6-8-20(19)16-30(28,29)27-17(2)3;/h5-12,17,27H,4,13-16H2,1-3H3,(H2,24,25,26);1H. The molecule has 0 aliphatic heterocycles. The molecular formula is C22H32FIN4O2S. The van der Waals surface area contributed by atoms with E-state index in [9.17, 15) is 12.8 Å². The Bertz CT molecular complexity index is 935. The summed E-state index contributed by atoms with van der Waals surface area (Å²) in [4.78, 5) is 4.60. The SMILES string of the molecule is CCNC(=NCc1ccccc1CS(=O)(=O)NC(C)C)NCCc1ccc(F)cc1.I. The van der Waals surface area contributed by atoms with Crippen LogP contribution < -0.4 is 15.4 Å². The van der Waals surface area contributed by atoms with E-state index in [1.807, 2.05) is 31.2 Å². The molecule has 0 aliphatic rings. The second-order valence-corrected chi connectivity index (χ2v) is 9.05. The van der Waals surface area contributed by atoms with Gasteiger partial charge in [-0.1, -0.05) is 36.4 Å². The molecule has 0 saturated carbocycles. The average Bonchev–Trinajstić information content (AvgIpc) is 2.67. The highest BCUT2D eigenvalue weighted by atomic mass is 127. The lowest BCUT2D eigenvalue weighted by molar-refractivity contribution is 0.569. The number of hydrogen-bond acceptors (Lipinski definition) is 3. The molecule has 0 heterocycles. The maximum Gasteiger partial charge on any atom is 0.216 e. The Hall–Kier alpha value is -1.72. The summed E-state index contributed by atoms with van der Waals surface area (Å²) >= 11 is 0. The van der Waals surface area contributed by atoms with Crippen LogP contribution in [0.25, 0.3) is 0 Å². The highest BCUT2D eigenvalue weighted by molar-refractivity contribution is 14.0. The number of aliphatic imine (C=N–C) groups is 1. The third-order valence-electron chi connectivity index (χ3n) is 4.25. The predicted molar refractivity (Wildman–Crippen MR) is 136 cm³/mol. The van der Waals surface area contributed by atoms with Crippen LogP contribution >= 0.6 is 24.0 Å². The Balaban J connectivity index is 0.00000480. The van der Waals surface area contributed by atoms with Gasteiger partial charge in [-0.05, 0) is 56.0 Å². The van der Waals surface area contributed by atoms with E-state index in [0.717, 1.165) is 23.1 Å². The van der Waals surface area contributed by atoms with Gasteiger partial charge in [0.25, 0.3) is 0 Å². The van der Waals surface area contributed by atoms with E-state index < -0.39 is 10.0 Å². The Morgan fingerprint density at radius 2 is 1.68 bits per heavy atom. The summed E-state index contributed by atoms with van der Waals surface area (Å²) in [5, 5.41) is 6.45. The van der Waals surface area contributed by atoms with Crippen molar-refractivity contribution in [3.8, 4) is 0 Å². The molecule has 0 unspecified atom stereocenters. The molecule has 0 bridgehead atoms. The fourth-order valence-electron chi connectivity index (χ4n) is 2.94. The van der Waals surface area contributed by atoms with Crippen molar-refractivity contribution in [3.05, 3.63) is 71.0 Å². The van der Waals surface area contributed by atoms with Gasteiger partial charge in [0.05, 0.1) is 12.3 Å². The number of nitrogens with one attached hydrogen (secondary N) is 3. The molecule has 0 radical (unpaired) electrons. The second-order valence-electron chi connectivity index (χ2n) is 7.30. The first-order valence-electron chi connectivity index (χ1n) is 10.1. The molecule has 0 fully saturated rings. The van der Waals surface area contributed by atoms with Gasteiger partial charge in [-0.3, -0.25) is 0 Å². The number of nitrogens with zero attached hydrogens (tertiary/aromatic N) is 1. The zero-order valence-electron chi connectivity index (χ0n) is 18.2. The third-order valence-corrected chi connectivity index (χ3v) is 5.77. The molecule has 6 nitrogen and oxygen atoms in total. The van der Waals surface area contributed by atoms with Gasteiger partial charge in [-0.25, -0.2) is 22.5 Å². The average molecular weight is 562 g/mol. The van der Waals surface area contributed by atoms with E-state index in [-0.39, 0.29) is 41.6 Å². The summed E-state index contributed by atoms with van der Waals surface area (Å²) in [6.07, 6.45) is 0.737. The molecule has 3 N–H and O–H groups in total. The van der Waals surface area contributed by atoms with Crippen molar-refractivity contribution in [3.63, 3.8) is 0 Å². The summed E-state index contributed by atoms with van der Waals surface area (Å²) in [5.74, 6) is 0.328. The zero-order chi connectivity index (χ0) is 22.0. The van der Waals surface area contributed by atoms with E-state index in [4.69, 9.17) is 0 Å². The molecule has 2 rings (SSSR count). The third kappa shape index (κ3) is 10.4. The van der Waals surface area contributed by atoms with Crippen molar-refractivity contribution < 1.29 is 12.8 Å². The molecule has 2 aromatic carbocycles. The first-order chi connectivity index (χ1) is 14.3. The number of rotatable bonds is 10. The Morgan fingerprint density at radius 1 is 1.03 bits per heavy atom. The molecule has 0 amide bonds. The number of sulfonamides is 1. The van der Waals surface area contributed by atoms with E-state index in [2.05, 4.69) is 20.3 Å². The van der Waals surface area contributed by atoms with Crippen LogP contribution in [0, 0.1) is 5.82 Å². The Labute approximate surface area is 202 Å². The molecule has 0 saturated heterocycles. The molecule has 0 atom stereocenters. The maximum absolute atomic E-state index is 13.0. The summed E-state index contributed by atoms with van der Waals surface area (Å²) in [6.45, 7) is 7.29. The monoisotopic (exact) mass is 562 g/mol. The van der Waals surface area contributed by atoms with Gasteiger partial charge in [0, 0.05) is 19.1 Å². The summed E-state index contributed by atoms with van der Waals surface area (Å²) in [5.41, 5.74) is 2.63. The molecule has 172 valence electrons. The minimum atomic E-state index is -3.41. The van der Waals surface area contributed by atoms with Gasteiger partial charge in [0.15, 0.2) is 5.96 Å². The molecule has 0 spiro atoms. The number of benzene rings is 2. The van der Waals surface area contributed by atoms with Gasteiger partial charge in [0.2, 0.25) is 10.0 Å². The van der Waals surface area contributed by atoms with E-state index >= 15 is 0 Å². The topological polar surface area (TPSA) is 82.6 Å². The lowest BCUT2D eigenvalue weighted by atomic mass is 10.1. The van der Waals surface area contributed by atoms with Crippen LogP contribution in [0.5, 0.6) is 0 Å². The lowest BCUT2D eigenvalue weighted by Gasteiger charge is -2.14. The fourth-order valence-corrected chi connectivity index (χ4v) is 4.43. The van der Waals surface area contributed by atoms with Crippen molar-refractivity contribution in [2.45, 2.75) is 45.5 Å². The largest absolute Gasteiger partial charge is 0.357 e. The highest BCUT2D eigenvalue weighted by Gasteiger charge is 2.15. The summed E-state index contributed by atoms with van der Waals surface area (Å²) in [6, 6.07) is 13.7. The van der Waals surface area contributed by atoms with Crippen molar-refractivity contribution in [1.29, 1.82) is 0 Å². The van der Waals surface area contributed by atoms with Gasteiger partial charge >= 0.3 is 0 Å². The van der Waals surface area contributed by atoms with Gasteiger partial charge in [0.1, 0.15) is 5.82 Å². The highest BCUT2D eigenvalue weighted by Crippen LogP contribution is 2.14. The van der Waals surface area contributed by atoms with Gasteiger partial charge < -0.3 is 10.6 Å². The lowest BCUT2D eigenvalue weighted by Crippen LogP contribution is -2.38. The smallest absolute Gasteiger partial charge is 0.216 e. The quantitative estimate of drug-likeness (QED) is 0.235. The number of hydrogen-bond donors (Lipinski definition) is 3. The Morgan fingerprint density at radius 3 is 2.29 bits per heavy atom. The van der Waals surface area contributed by atoms with Crippen LogP contribution in [0.15, 0.2) is 53.5 Å². The molecule has 9 heteroatoms. The van der Waals surface area contributed by atoms with Crippen LogP contribution in [-0.4, -0.2) is 33.5 Å². The molecular weight excluding hydrogens is 530 g/mol. The normalized spacial score (nSPS) is 11.8. The summed E-state index contributed by atoms with van der Waals surface area (Å²) in [7, 11) is -3.41. The molecule has 0 aliphatic carbocycles. The second kappa shape index (κ2) is 13.6.